The van der Waals surface area contributed by atoms with Gasteiger partial charge < -0.3 is 19.2 Å². The highest BCUT2D eigenvalue weighted by molar-refractivity contribution is 5.97. The van der Waals surface area contributed by atoms with Crippen LogP contribution in [-0.4, -0.2) is 52.1 Å². The molecule has 0 spiro atoms. The van der Waals surface area contributed by atoms with Gasteiger partial charge in [0.2, 0.25) is 5.43 Å². The highest BCUT2D eigenvalue weighted by Crippen LogP contribution is 2.26. The number of H-pyrrole nitrogens is 1. The lowest BCUT2D eigenvalue weighted by Crippen LogP contribution is -2.41. The summed E-state index contributed by atoms with van der Waals surface area (Å²) in [6.45, 7) is 2.35. The third-order valence-corrected chi connectivity index (χ3v) is 5.43. The number of carbonyl (C=O) groups is 1. The number of halogens is 1. The van der Waals surface area contributed by atoms with Gasteiger partial charge in [0, 0.05) is 62.2 Å². The van der Waals surface area contributed by atoms with E-state index in [4.69, 9.17) is 4.74 Å². The molecule has 1 N–H and O–H groups in total. The number of benzene rings is 1. The summed E-state index contributed by atoms with van der Waals surface area (Å²) in [4.78, 5) is 35.0. The standard InChI is InChI=1S/C21H23FN4O3/c1-29-10-9-25-8-6-23-20(25)14-3-2-7-26(13-14)21(28)17-12-24-18-5-4-15(22)11-16(18)19(17)27/h4-6,8,11-12,14H,2-3,7,9-10,13H2,1H3,(H,24,27)/t14-/m0/s1. The van der Waals surface area contributed by atoms with Gasteiger partial charge in [-0.2, -0.15) is 0 Å². The zero-order chi connectivity index (χ0) is 20.4. The smallest absolute Gasteiger partial charge is 0.259 e. The van der Waals surface area contributed by atoms with Crippen LogP contribution in [-0.2, 0) is 11.3 Å². The molecule has 1 aliphatic heterocycles. The number of fused-ring (bicyclic) bond motifs is 1. The number of likely N-dealkylation sites (tertiary alicyclic amines) is 1. The van der Waals surface area contributed by atoms with Gasteiger partial charge in [0.25, 0.3) is 5.91 Å². The molecule has 152 valence electrons. The van der Waals surface area contributed by atoms with Crippen molar-refractivity contribution in [3.05, 3.63) is 64.2 Å². The molecule has 3 aromatic rings. The zero-order valence-electron chi connectivity index (χ0n) is 16.2. The molecule has 1 atom stereocenters. The van der Waals surface area contributed by atoms with Gasteiger partial charge in [0.1, 0.15) is 17.2 Å². The molecule has 1 amide bonds. The summed E-state index contributed by atoms with van der Waals surface area (Å²) in [6, 6.07) is 3.94. The van der Waals surface area contributed by atoms with Crippen LogP contribution < -0.4 is 5.43 Å². The van der Waals surface area contributed by atoms with E-state index in [1.54, 1.807) is 18.2 Å². The number of nitrogens with zero attached hydrogens (tertiary/aromatic N) is 3. The van der Waals surface area contributed by atoms with Crippen LogP contribution >= 0.6 is 0 Å². The van der Waals surface area contributed by atoms with Crippen molar-refractivity contribution >= 4 is 16.8 Å². The van der Waals surface area contributed by atoms with E-state index in [0.29, 0.717) is 31.8 Å². The SMILES string of the molecule is COCCn1ccnc1[C@H]1CCCN(C(=O)c2c[nH]c3ccc(F)cc3c2=O)C1. The molecule has 1 fully saturated rings. The van der Waals surface area contributed by atoms with Crippen molar-refractivity contribution in [2.24, 2.45) is 0 Å². The molecular formula is C21H23FN4O3. The van der Waals surface area contributed by atoms with E-state index in [9.17, 15) is 14.0 Å². The van der Waals surface area contributed by atoms with Crippen LogP contribution in [0.3, 0.4) is 0 Å². The van der Waals surface area contributed by atoms with Gasteiger partial charge in [-0.25, -0.2) is 9.37 Å². The molecule has 8 heteroatoms. The second-order valence-corrected chi connectivity index (χ2v) is 7.28. The predicted octanol–water partition coefficient (Wildman–Crippen LogP) is 2.53. The Morgan fingerprint density at radius 1 is 1.41 bits per heavy atom. The van der Waals surface area contributed by atoms with Crippen LogP contribution in [0, 0.1) is 5.82 Å². The Labute approximate surface area is 167 Å². The number of imidazole rings is 1. The largest absolute Gasteiger partial charge is 0.383 e. The van der Waals surface area contributed by atoms with E-state index in [-0.39, 0.29) is 22.8 Å². The molecule has 0 aliphatic carbocycles. The molecular weight excluding hydrogens is 375 g/mol. The molecule has 1 aliphatic rings. The van der Waals surface area contributed by atoms with Gasteiger partial charge in [-0.15, -0.1) is 0 Å². The van der Waals surface area contributed by atoms with Gasteiger partial charge in [-0.1, -0.05) is 0 Å². The summed E-state index contributed by atoms with van der Waals surface area (Å²) in [5.41, 5.74) is 0.0862. The average Bonchev–Trinajstić information content (AvgIpc) is 3.21. The molecule has 0 bridgehead atoms. The number of nitrogens with one attached hydrogen (secondary N) is 1. The summed E-state index contributed by atoms with van der Waals surface area (Å²) >= 11 is 0. The minimum atomic E-state index is -0.506. The number of methoxy groups -OCH3 is 1. The number of piperidine rings is 1. The fourth-order valence-electron chi connectivity index (χ4n) is 3.95. The van der Waals surface area contributed by atoms with Crippen LogP contribution in [0.25, 0.3) is 10.9 Å². The van der Waals surface area contributed by atoms with Crippen molar-refractivity contribution in [1.82, 2.24) is 19.4 Å². The summed E-state index contributed by atoms with van der Waals surface area (Å²) in [7, 11) is 1.66. The zero-order valence-corrected chi connectivity index (χ0v) is 16.2. The van der Waals surface area contributed by atoms with Crippen molar-refractivity contribution in [2.75, 3.05) is 26.8 Å². The van der Waals surface area contributed by atoms with E-state index >= 15 is 0 Å². The maximum atomic E-state index is 13.6. The molecule has 3 heterocycles. The number of rotatable bonds is 5. The Hall–Kier alpha value is -3.00. The van der Waals surface area contributed by atoms with Crippen molar-refractivity contribution in [3.63, 3.8) is 0 Å². The molecule has 1 aromatic carbocycles. The summed E-state index contributed by atoms with van der Waals surface area (Å²) < 4.78 is 20.8. The molecule has 2 aromatic heterocycles. The van der Waals surface area contributed by atoms with Crippen molar-refractivity contribution in [3.8, 4) is 0 Å². The maximum Gasteiger partial charge on any atom is 0.259 e. The molecule has 29 heavy (non-hydrogen) atoms. The number of hydrogen-bond donors (Lipinski definition) is 1. The van der Waals surface area contributed by atoms with Gasteiger partial charge in [-0.3, -0.25) is 9.59 Å². The van der Waals surface area contributed by atoms with Crippen molar-refractivity contribution in [1.29, 1.82) is 0 Å². The number of carbonyl (C=O) groups excluding carboxylic acids is 1. The van der Waals surface area contributed by atoms with Crippen LogP contribution in [0.2, 0.25) is 0 Å². The van der Waals surface area contributed by atoms with Crippen molar-refractivity contribution < 1.29 is 13.9 Å². The van der Waals surface area contributed by atoms with E-state index in [1.807, 2.05) is 10.8 Å². The average molecular weight is 398 g/mol. The summed E-state index contributed by atoms with van der Waals surface area (Å²) in [6.07, 6.45) is 6.85. The Morgan fingerprint density at radius 3 is 3.10 bits per heavy atom. The second kappa shape index (κ2) is 8.16. The van der Waals surface area contributed by atoms with E-state index in [0.717, 1.165) is 24.7 Å². The summed E-state index contributed by atoms with van der Waals surface area (Å²) in [5.74, 6) is 0.177. The van der Waals surface area contributed by atoms with E-state index in [2.05, 4.69) is 9.97 Å². The van der Waals surface area contributed by atoms with Crippen LogP contribution in [0.5, 0.6) is 0 Å². The minimum absolute atomic E-state index is 0.0338. The molecule has 0 saturated carbocycles. The quantitative estimate of drug-likeness (QED) is 0.716. The first kappa shape index (κ1) is 19.3. The molecule has 1 saturated heterocycles. The first-order valence-corrected chi connectivity index (χ1v) is 9.68. The van der Waals surface area contributed by atoms with Gasteiger partial charge in [0.05, 0.1) is 6.61 Å². The number of hydrogen-bond acceptors (Lipinski definition) is 4. The lowest BCUT2D eigenvalue weighted by Gasteiger charge is -2.32. The van der Waals surface area contributed by atoms with E-state index in [1.165, 1.54) is 18.3 Å². The number of ether oxygens (including phenoxy) is 1. The first-order chi connectivity index (χ1) is 14.1. The Bertz CT molecular complexity index is 1090. The van der Waals surface area contributed by atoms with Crippen molar-refractivity contribution in [2.45, 2.75) is 25.3 Å². The monoisotopic (exact) mass is 398 g/mol. The molecule has 4 rings (SSSR count). The normalized spacial score (nSPS) is 17.0. The van der Waals surface area contributed by atoms with Gasteiger partial charge >= 0.3 is 0 Å². The van der Waals surface area contributed by atoms with E-state index < -0.39 is 11.2 Å². The molecule has 0 radical (unpaired) electrons. The topological polar surface area (TPSA) is 80.2 Å². The number of aromatic nitrogens is 3. The molecule has 0 unspecified atom stereocenters. The van der Waals surface area contributed by atoms with Crippen LogP contribution in [0.4, 0.5) is 4.39 Å². The summed E-state index contributed by atoms with van der Waals surface area (Å²) in [5, 5.41) is 0.180. The molecule has 7 nitrogen and oxygen atoms in total. The second-order valence-electron chi connectivity index (χ2n) is 7.28. The Balaban J connectivity index is 1.58. The first-order valence-electron chi connectivity index (χ1n) is 9.68. The Morgan fingerprint density at radius 2 is 2.28 bits per heavy atom. The van der Waals surface area contributed by atoms with Gasteiger partial charge in [-0.05, 0) is 31.0 Å². The van der Waals surface area contributed by atoms with Crippen LogP contribution in [0.15, 0.2) is 41.6 Å². The lowest BCUT2D eigenvalue weighted by molar-refractivity contribution is 0.0701. The highest BCUT2D eigenvalue weighted by atomic mass is 19.1. The lowest BCUT2D eigenvalue weighted by atomic mass is 9.96. The number of aromatic amines is 1. The fraction of sp³-hybridized carbons (Fsp3) is 0.381. The van der Waals surface area contributed by atoms with Crippen LogP contribution in [0.1, 0.15) is 34.9 Å². The maximum absolute atomic E-state index is 13.6. The third kappa shape index (κ3) is 3.80. The van der Waals surface area contributed by atoms with Gasteiger partial charge in [0.15, 0.2) is 0 Å². The Kier molecular flexibility index (Phi) is 5.44. The third-order valence-electron chi connectivity index (χ3n) is 5.43. The predicted molar refractivity (Wildman–Crippen MR) is 107 cm³/mol. The fourth-order valence-corrected chi connectivity index (χ4v) is 3.95. The highest BCUT2D eigenvalue weighted by Gasteiger charge is 2.29. The number of amides is 1. The number of pyridine rings is 1. The minimum Gasteiger partial charge on any atom is -0.383 e.